The molecule has 10 heteroatoms. The fourth-order valence-corrected chi connectivity index (χ4v) is 4.45. The summed E-state index contributed by atoms with van der Waals surface area (Å²) in [6.07, 6.45) is 1.96. The van der Waals surface area contributed by atoms with Crippen molar-refractivity contribution >= 4 is 29.5 Å². The zero-order valence-electron chi connectivity index (χ0n) is 16.0. The minimum atomic E-state index is -0.870. The van der Waals surface area contributed by atoms with Crippen LogP contribution in [0.3, 0.4) is 0 Å². The van der Waals surface area contributed by atoms with Crippen LogP contribution in [0.15, 0.2) is 12.1 Å². The molecule has 3 aliphatic rings. The molecule has 29 heavy (non-hydrogen) atoms. The number of H-pyrrole nitrogens is 1. The van der Waals surface area contributed by atoms with E-state index in [1.807, 2.05) is 0 Å². The van der Waals surface area contributed by atoms with Crippen molar-refractivity contribution in [3.05, 3.63) is 23.5 Å². The van der Waals surface area contributed by atoms with Gasteiger partial charge in [-0.15, -0.1) is 0 Å². The number of nitrogens with zero attached hydrogens (tertiary/aromatic N) is 2. The highest BCUT2D eigenvalue weighted by Gasteiger charge is 2.57. The lowest BCUT2D eigenvalue weighted by Gasteiger charge is -2.26. The van der Waals surface area contributed by atoms with Crippen LogP contribution < -0.4 is 11.1 Å². The van der Waals surface area contributed by atoms with Crippen molar-refractivity contribution in [2.24, 2.45) is 11.7 Å². The lowest BCUT2D eigenvalue weighted by atomic mass is 10.1. The Morgan fingerprint density at radius 1 is 1.17 bits per heavy atom. The van der Waals surface area contributed by atoms with Crippen molar-refractivity contribution in [3.63, 3.8) is 0 Å². The quantitative estimate of drug-likeness (QED) is 0.563. The molecule has 3 heterocycles. The number of nitrogens with one attached hydrogen (secondary N) is 2. The zero-order chi connectivity index (χ0) is 20.9. The van der Waals surface area contributed by atoms with Gasteiger partial charge in [0.05, 0.1) is 12.1 Å². The monoisotopic (exact) mass is 401 g/mol. The van der Waals surface area contributed by atoms with Crippen LogP contribution in [-0.2, 0) is 14.4 Å². The first-order valence-corrected chi connectivity index (χ1v) is 9.74. The first kappa shape index (κ1) is 19.2. The first-order chi connectivity index (χ1) is 13.8. The normalized spacial score (nSPS) is 26.9. The van der Waals surface area contributed by atoms with Crippen LogP contribution in [0.25, 0.3) is 0 Å². The molecule has 0 bridgehead atoms. The van der Waals surface area contributed by atoms with Gasteiger partial charge in [-0.05, 0) is 31.9 Å². The van der Waals surface area contributed by atoms with Gasteiger partial charge in [-0.1, -0.05) is 0 Å². The molecule has 10 nitrogen and oxygen atoms in total. The number of piperidine rings is 1. The van der Waals surface area contributed by atoms with E-state index >= 15 is 0 Å². The Hall–Kier alpha value is -3.17. The highest BCUT2D eigenvalue weighted by atomic mass is 16.2. The predicted molar refractivity (Wildman–Crippen MR) is 99.3 cm³/mol. The number of carbonyl (C=O) groups excluding carboxylic acids is 5. The second kappa shape index (κ2) is 7.02. The molecular formula is C19H23N5O5. The summed E-state index contributed by atoms with van der Waals surface area (Å²) in [6, 6.07) is 1.77. The van der Waals surface area contributed by atoms with E-state index in [0.717, 1.165) is 17.7 Å². The van der Waals surface area contributed by atoms with Gasteiger partial charge >= 0.3 is 0 Å². The molecule has 4 atom stereocenters. The van der Waals surface area contributed by atoms with E-state index in [1.54, 1.807) is 4.90 Å². The molecule has 0 spiro atoms. The molecule has 5 amide bonds. The standard InChI is InChI=1S/C19H23N5O5/c1-9(24-13(25)6-7-14(24)26)18(28)22-15-10-3-2-8-23(16(10)15)19(29)12-5-4-11(21-12)17(20)27/h4-5,9-10,15-16,21H,2-3,6-8H2,1H3,(H2,20,27)(H,22,28). The average molecular weight is 401 g/mol. The summed E-state index contributed by atoms with van der Waals surface area (Å²) in [4.78, 5) is 65.9. The smallest absolute Gasteiger partial charge is 0.270 e. The summed E-state index contributed by atoms with van der Waals surface area (Å²) in [5.74, 6) is -1.81. The Kier molecular flexibility index (Phi) is 4.64. The maximum atomic E-state index is 12.9. The highest BCUT2D eigenvalue weighted by Crippen LogP contribution is 2.44. The fraction of sp³-hybridized carbons (Fsp3) is 0.526. The van der Waals surface area contributed by atoms with Gasteiger partial charge in [-0.2, -0.15) is 0 Å². The van der Waals surface area contributed by atoms with E-state index in [4.69, 9.17) is 5.73 Å². The van der Waals surface area contributed by atoms with Gasteiger partial charge in [0.1, 0.15) is 17.4 Å². The number of fused-ring (bicyclic) bond motifs is 1. The van der Waals surface area contributed by atoms with Crippen molar-refractivity contribution in [3.8, 4) is 0 Å². The predicted octanol–water partition coefficient (Wildman–Crippen LogP) is -0.630. The van der Waals surface area contributed by atoms with E-state index in [-0.39, 0.29) is 60.0 Å². The molecule has 1 aliphatic carbocycles. The molecule has 4 unspecified atom stereocenters. The topological polar surface area (TPSA) is 146 Å². The number of aromatic amines is 1. The van der Waals surface area contributed by atoms with Gasteiger partial charge in [0.2, 0.25) is 17.7 Å². The molecular weight excluding hydrogens is 378 g/mol. The molecule has 2 aliphatic heterocycles. The van der Waals surface area contributed by atoms with Crippen LogP contribution in [0, 0.1) is 5.92 Å². The summed E-state index contributed by atoms with van der Waals surface area (Å²) >= 11 is 0. The van der Waals surface area contributed by atoms with Crippen molar-refractivity contribution in [1.82, 2.24) is 20.1 Å². The minimum absolute atomic E-state index is 0.136. The number of likely N-dealkylation sites (tertiary alicyclic amines) is 2. The molecule has 1 aromatic rings. The Balaban J connectivity index is 1.42. The SMILES string of the molecule is CC(C(=O)NC1C2CCCN(C(=O)c3ccc(C(N)=O)[nH]3)C21)N1C(=O)CCC1=O. The number of primary amides is 1. The van der Waals surface area contributed by atoms with E-state index in [9.17, 15) is 24.0 Å². The maximum Gasteiger partial charge on any atom is 0.270 e. The zero-order valence-corrected chi connectivity index (χ0v) is 16.0. The number of hydrogen-bond acceptors (Lipinski definition) is 5. The van der Waals surface area contributed by atoms with Gasteiger partial charge in [0.25, 0.3) is 11.8 Å². The number of hydrogen-bond donors (Lipinski definition) is 3. The second-order valence-corrected chi connectivity index (χ2v) is 7.81. The summed E-state index contributed by atoms with van der Waals surface area (Å²) < 4.78 is 0. The molecule has 0 aromatic carbocycles. The molecule has 2 saturated heterocycles. The Labute approximate surface area is 166 Å². The molecule has 1 aromatic heterocycles. The van der Waals surface area contributed by atoms with Crippen LogP contribution in [0.4, 0.5) is 0 Å². The molecule has 154 valence electrons. The Morgan fingerprint density at radius 2 is 1.83 bits per heavy atom. The number of nitrogens with two attached hydrogens (primary N) is 1. The number of amides is 5. The van der Waals surface area contributed by atoms with Gasteiger partial charge in [0, 0.05) is 25.3 Å². The number of carbonyl (C=O) groups is 5. The van der Waals surface area contributed by atoms with Crippen LogP contribution in [0.1, 0.15) is 53.6 Å². The van der Waals surface area contributed by atoms with Crippen molar-refractivity contribution < 1.29 is 24.0 Å². The van der Waals surface area contributed by atoms with E-state index in [1.165, 1.54) is 19.1 Å². The molecule has 1 saturated carbocycles. The van der Waals surface area contributed by atoms with Gasteiger partial charge in [-0.25, -0.2) is 0 Å². The summed E-state index contributed by atoms with van der Waals surface area (Å²) in [5, 5.41) is 2.91. The van der Waals surface area contributed by atoms with Crippen LogP contribution in [0.5, 0.6) is 0 Å². The Morgan fingerprint density at radius 3 is 2.45 bits per heavy atom. The Bertz CT molecular complexity index is 893. The van der Waals surface area contributed by atoms with E-state index in [2.05, 4.69) is 10.3 Å². The summed E-state index contributed by atoms with van der Waals surface area (Å²) in [6.45, 7) is 2.09. The van der Waals surface area contributed by atoms with Gasteiger partial charge < -0.3 is 20.9 Å². The number of aromatic nitrogens is 1. The van der Waals surface area contributed by atoms with Gasteiger partial charge in [0.15, 0.2) is 0 Å². The van der Waals surface area contributed by atoms with E-state index < -0.39 is 17.9 Å². The van der Waals surface area contributed by atoms with Crippen molar-refractivity contribution in [1.29, 1.82) is 0 Å². The third-order valence-corrected chi connectivity index (χ3v) is 6.03. The number of imide groups is 1. The van der Waals surface area contributed by atoms with Crippen molar-refractivity contribution in [2.45, 2.75) is 50.7 Å². The third kappa shape index (κ3) is 3.28. The number of rotatable bonds is 5. The van der Waals surface area contributed by atoms with E-state index in [0.29, 0.717) is 6.54 Å². The molecule has 0 radical (unpaired) electrons. The largest absolute Gasteiger partial charge is 0.364 e. The van der Waals surface area contributed by atoms with Crippen molar-refractivity contribution in [2.75, 3.05) is 6.54 Å². The highest BCUT2D eigenvalue weighted by molar-refractivity contribution is 6.05. The molecule has 4 rings (SSSR count). The lowest BCUT2D eigenvalue weighted by Crippen LogP contribution is -2.49. The van der Waals surface area contributed by atoms with Crippen LogP contribution in [0.2, 0.25) is 0 Å². The summed E-state index contributed by atoms with van der Waals surface area (Å²) in [7, 11) is 0. The van der Waals surface area contributed by atoms with Crippen LogP contribution >= 0.6 is 0 Å². The maximum absolute atomic E-state index is 12.9. The van der Waals surface area contributed by atoms with Gasteiger partial charge in [-0.3, -0.25) is 28.9 Å². The molecule has 4 N–H and O–H groups in total. The molecule has 3 fully saturated rings. The first-order valence-electron chi connectivity index (χ1n) is 9.74. The van der Waals surface area contributed by atoms with Crippen LogP contribution in [-0.4, -0.2) is 69.0 Å². The average Bonchev–Trinajstić information content (AvgIpc) is 3.03. The lowest BCUT2D eigenvalue weighted by molar-refractivity contribution is -0.146. The minimum Gasteiger partial charge on any atom is -0.364 e. The summed E-state index contributed by atoms with van der Waals surface area (Å²) in [5.41, 5.74) is 5.66. The second-order valence-electron chi connectivity index (χ2n) is 7.81. The third-order valence-electron chi connectivity index (χ3n) is 6.03. The fourth-order valence-electron chi connectivity index (χ4n) is 4.45.